The third-order valence-corrected chi connectivity index (χ3v) is 9.17. The smallest absolute Gasteiger partial charge is 0.302 e. The van der Waals surface area contributed by atoms with Crippen LogP contribution in [0.1, 0.15) is 71.3 Å². The summed E-state index contributed by atoms with van der Waals surface area (Å²) in [4.78, 5) is 25.0. The van der Waals surface area contributed by atoms with Crippen molar-refractivity contribution in [3.05, 3.63) is 53.1 Å². The topological polar surface area (TPSA) is 43.4 Å². The summed E-state index contributed by atoms with van der Waals surface area (Å²) in [6.07, 6.45) is 11.7. The summed E-state index contributed by atoms with van der Waals surface area (Å²) in [5.41, 5.74) is 3.64. The first kappa shape index (κ1) is 20.7. The minimum atomic E-state index is -0.210. The van der Waals surface area contributed by atoms with Crippen molar-refractivity contribution >= 4 is 17.8 Å². The van der Waals surface area contributed by atoms with Gasteiger partial charge in [-0.15, -0.1) is 0 Å². The standard InChI is InChI=1S/C28H34O3/c1-18(29)31-22-11-13-27(2)21(17-22)9-10-23-24(27)12-14-28(3)25(23)16-20(26(28)30)15-19-7-5-4-6-8-19/h4-9,15,22-25H,10-14,16-17H2,1-3H3/b20-15+/t22?,23-,24+,25+,27+,28+/m1/s1. The average molecular weight is 419 g/mol. The number of esters is 1. The van der Waals surface area contributed by atoms with Gasteiger partial charge < -0.3 is 4.74 Å². The number of Topliss-reactive ketones (excluding diaryl/α,β-unsaturated/α-hetero) is 1. The molecule has 4 aliphatic rings. The van der Waals surface area contributed by atoms with Gasteiger partial charge in [-0.1, -0.05) is 55.8 Å². The van der Waals surface area contributed by atoms with Crippen molar-refractivity contribution in [1.82, 2.24) is 0 Å². The molecular formula is C28H34O3. The number of benzene rings is 1. The monoisotopic (exact) mass is 418 g/mol. The number of carbonyl (C=O) groups is 2. The van der Waals surface area contributed by atoms with E-state index in [0.29, 0.717) is 23.5 Å². The molecule has 0 heterocycles. The summed E-state index contributed by atoms with van der Waals surface area (Å²) in [6, 6.07) is 10.3. The molecule has 1 aromatic carbocycles. The van der Waals surface area contributed by atoms with Gasteiger partial charge in [-0.3, -0.25) is 9.59 Å². The Kier molecular flexibility index (Phi) is 4.99. The maximum Gasteiger partial charge on any atom is 0.302 e. The number of hydrogen-bond donors (Lipinski definition) is 0. The van der Waals surface area contributed by atoms with E-state index in [1.54, 1.807) is 0 Å². The first-order valence-electron chi connectivity index (χ1n) is 12.0. The van der Waals surface area contributed by atoms with E-state index < -0.39 is 0 Å². The lowest BCUT2D eigenvalue weighted by Gasteiger charge is -2.56. The zero-order valence-electron chi connectivity index (χ0n) is 19.0. The molecule has 3 nitrogen and oxygen atoms in total. The van der Waals surface area contributed by atoms with Crippen LogP contribution in [0.4, 0.5) is 0 Å². The Morgan fingerprint density at radius 1 is 1.03 bits per heavy atom. The molecule has 0 saturated heterocycles. The van der Waals surface area contributed by atoms with E-state index in [9.17, 15) is 9.59 Å². The van der Waals surface area contributed by atoms with Gasteiger partial charge in [-0.2, -0.15) is 0 Å². The van der Waals surface area contributed by atoms with Gasteiger partial charge in [-0.05, 0) is 78.9 Å². The second-order valence-corrected chi connectivity index (χ2v) is 10.8. The number of hydrogen-bond acceptors (Lipinski definition) is 3. The van der Waals surface area contributed by atoms with E-state index in [4.69, 9.17) is 4.74 Å². The Hall–Kier alpha value is -2.16. The SMILES string of the molecule is CC(=O)OC1CC[C@@]2(C)C(=CC[C@@H]3[C@@H]2CC[C@]2(C)C(=O)/C(=C/c4ccccc4)C[C@@H]32)C1. The van der Waals surface area contributed by atoms with Crippen LogP contribution in [0.3, 0.4) is 0 Å². The van der Waals surface area contributed by atoms with Crippen LogP contribution < -0.4 is 0 Å². The first-order valence-corrected chi connectivity index (χ1v) is 12.0. The highest BCUT2D eigenvalue weighted by atomic mass is 16.5. The average Bonchev–Trinajstić information content (AvgIpc) is 2.99. The quantitative estimate of drug-likeness (QED) is 0.329. The Labute approximate surface area is 185 Å². The Balaban J connectivity index is 1.42. The normalized spacial score (nSPS) is 40.5. The minimum absolute atomic E-state index is 0.0377. The van der Waals surface area contributed by atoms with Gasteiger partial charge in [0.1, 0.15) is 6.10 Å². The zero-order valence-corrected chi connectivity index (χ0v) is 19.0. The lowest BCUT2D eigenvalue weighted by molar-refractivity contribution is -0.148. The third-order valence-electron chi connectivity index (χ3n) is 9.17. The zero-order chi connectivity index (χ0) is 21.8. The summed E-state index contributed by atoms with van der Waals surface area (Å²) in [5.74, 6) is 1.86. The molecule has 1 unspecified atom stereocenters. The number of ketones is 1. The highest BCUT2D eigenvalue weighted by Gasteiger charge is 2.59. The summed E-state index contributed by atoms with van der Waals surface area (Å²) in [5, 5.41) is 0. The maximum absolute atomic E-state index is 13.5. The highest BCUT2D eigenvalue weighted by Crippen LogP contribution is 2.64. The number of fused-ring (bicyclic) bond motifs is 5. The van der Waals surface area contributed by atoms with Crippen LogP contribution in [0.15, 0.2) is 47.6 Å². The van der Waals surface area contributed by atoms with Gasteiger partial charge in [0.2, 0.25) is 0 Å². The molecule has 164 valence electrons. The van der Waals surface area contributed by atoms with Gasteiger partial charge in [0.05, 0.1) is 0 Å². The first-order chi connectivity index (χ1) is 14.8. The maximum atomic E-state index is 13.5. The van der Waals surface area contributed by atoms with Crippen LogP contribution in [0.2, 0.25) is 0 Å². The highest BCUT2D eigenvalue weighted by molar-refractivity contribution is 6.05. The van der Waals surface area contributed by atoms with Crippen LogP contribution in [-0.4, -0.2) is 17.9 Å². The molecular weight excluding hydrogens is 384 g/mol. The predicted octanol–water partition coefficient (Wildman–Crippen LogP) is 6.14. The van der Waals surface area contributed by atoms with Crippen molar-refractivity contribution in [3.8, 4) is 0 Å². The molecule has 3 saturated carbocycles. The molecule has 0 spiro atoms. The molecule has 0 N–H and O–H groups in total. The molecule has 0 bridgehead atoms. The fraction of sp³-hybridized carbons (Fsp3) is 0.571. The Morgan fingerprint density at radius 3 is 2.52 bits per heavy atom. The Bertz CT molecular complexity index is 958. The molecule has 0 aromatic heterocycles. The van der Waals surface area contributed by atoms with E-state index in [0.717, 1.165) is 56.1 Å². The molecule has 0 amide bonds. The molecule has 31 heavy (non-hydrogen) atoms. The molecule has 3 fully saturated rings. The van der Waals surface area contributed by atoms with E-state index in [1.807, 2.05) is 18.2 Å². The molecule has 0 aliphatic heterocycles. The third kappa shape index (κ3) is 3.32. The van der Waals surface area contributed by atoms with Crippen LogP contribution in [0.5, 0.6) is 0 Å². The van der Waals surface area contributed by atoms with Crippen molar-refractivity contribution in [1.29, 1.82) is 0 Å². The number of rotatable bonds is 2. The number of carbonyl (C=O) groups excluding carboxylic acids is 2. The largest absolute Gasteiger partial charge is 0.462 e. The fourth-order valence-corrected chi connectivity index (χ4v) is 7.51. The molecule has 4 aliphatic carbocycles. The molecule has 3 heteroatoms. The van der Waals surface area contributed by atoms with Crippen LogP contribution in [0.25, 0.3) is 6.08 Å². The van der Waals surface area contributed by atoms with Gasteiger partial charge in [0, 0.05) is 18.8 Å². The van der Waals surface area contributed by atoms with Crippen LogP contribution in [-0.2, 0) is 14.3 Å². The Morgan fingerprint density at radius 2 is 1.77 bits per heavy atom. The van der Waals surface area contributed by atoms with Crippen molar-refractivity contribution in [3.63, 3.8) is 0 Å². The van der Waals surface area contributed by atoms with Crippen molar-refractivity contribution in [2.45, 2.75) is 71.8 Å². The number of ether oxygens (including phenoxy) is 1. The minimum Gasteiger partial charge on any atom is -0.462 e. The summed E-state index contributed by atoms with van der Waals surface area (Å²) in [7, 11) is 0. The van der Waals surface area contributed by atoms with Crippen LogP contribution in [0, 0.1) is 28.6 Å². The van der Waals surface area contributed by atoms with Crippen molar-refractivity contribution < 1.29 is 14.3 Å². The predicted molar refractivity (Wildman–Crippen MR) is 122 cm³/mol. The van der Waals surface area contributed by atoms with Crippen LogP contribution >= 0.6 is 0 Å². The molecule has 6 atom stereocenters. The summed E-state index contributed by atoms with van der Waals surface area (Å²) >= 11 is 0. The van der Waals surface area contributed by atoms with Gasteiger partial charge in [0.25, 0.3) is 0 Å². The fourth-order valence-electron chi connectivity index (χ4n) is 7.51. The van der Waals surface area contributed by atoms with Gasteiger partial charge in [-0.25, -0.2) is 0 Å². The molecule has 5 rings (SSSR count). The van der Waals surface area contributed by atoms with E-state index in [-0.39, 0.29) is 22.9 Å². The van der Waals surface area contributed by atoms with Crippen molar-refractivity contribution in [2.24, 2.45) is 28.6 Å². The van der Waals surface area contributed by atoms with E-state index >= 15 is 0 Å². The van der Waals surface area contributed by atoms with Gasteiger partial charge >= 0.3 is 5.97 Å². The molecule has 0 radical (unpaired) electrons. The van der Waals surface area contributed by atoms with E-state index in [1.165, 1.54) is 12.5 Å². The molecule has 1 aromatic rings. The second kappa shape index (κ2) is 7.46. The van der Waals surface area contributed by atoms with Crippen molar-refractivity contribution in [2.75, 3.05) is 0 Å². The van der Waals surface area contributed by atoms with E-state index in [2.05, 4.69) is 38.1 Å². The summed E-state index contributed by atoms with van der Waals surface area (Å²) in [6.45, 7) is 6.19. The van der Waals surface area contributed by atoms with Gasteiger partial charge in [0.15, 0.2) is 5.78 Å². The summed E-state index contributed by atoms with van der Waals surface area (Å²) < 4.78 is 5.56. The lowest BCUT2D eigenvalue weighted by Crippen LogP contribution is -2.50. The lowest BCUT2D eigenvalue weighted by atomic mass is 9.48. The number of allylic oxidation sites excluding steroid dienone is 2. The second-order valence-electron chi connectivity index (χ2n) is 10.8.